The van der Waals surface area contributed by atoms with Crippen molar-refractivity contribution in [2.75, 3.05) is 12.3 Å². The van der Waals surface area contributed by atoms with Crippen LogP contribution in [0.3, 0.4) is 0 Å². The van der Waals surface area contributed by atoms with Crippen LogP contribution < -0.4 is 5.73 Å². The van der Waals surface area contributed by atoms with Crippen LogP contribution >= 0.6 is 11.6 Å². The number of pyridine rings is 1. The lowest BCUT2D eigenvalue weighted by Gasteiger charge is -2.29. The number of aromatic hydroxyl groups is 1. The molecule has 2 heterocycles. The van der Waals surface area contributed by atoms with E-state index in [9.17, 15) is 9.90 Å². The van der Waals surface area contributed by atoms with E-state index in [1.165, 1.54) is 12.3 Å². The van der Waals surface area contributed by atoms with E-state index in [0.29, 0.717) is 24.3 Å². The van der Waals surface area contributed by atoms with Gasteiger partial charge in [-0.2, -0.15) is 0 Å². The van der Waals surface area contributed by atoms with Crippen molar-refractivity contribution in [2.45, 2.75) is 13.0 Å². The van der Waals surface area contributed by atoms with Crippen molar-refractivity contribution >= 4 is 23.2 Å². The second-order valence-electron chi connectivity index (χ2n) is 5.04. The second kappa shape index (κ2) is 5.26. The van der Waals surface area contributed by atoms with E-state index < -0.39 is 0 Å². The molecule has 0 spiro atoms. The molecule has 0 aliphatic carbocycles. The van der Waals surface area contributed by atoms with Crippen LogP contribution in [0.1, 0.15) is 21.5 Å². The van der Waals surface area contributed by atoms with Gasteiger partial charge in [0.1, 0.15) is 10.9 Å². The van der Waals surface area contributed by atoms with Crippen molar-refractivity contribution in [3.05, 3.63) is 52.3 Å². The van der Waals surface area contributed by atoms with Gasteiger partial charge in [-0.3, -0.25) is 4.79 Å². The Morgan fingerprint density at radius 1 is 1.33 bits per heavy atom. The second-order valence-corrected chi connectivity index (χ2v) is 5.39. The summed E-state index contributed by atoms with van der Waals surface area (Å²) in [4.78, 5) is 18.1. The van der Waals surface area contributed by atoms with Crippen molar-refractivity contribution < 1.29 is 9.90 Å². The molecule has 6 heteroatoms. The van der Waals surface area contributed by atoms with E-state index in [-0.39, 0.29) is 16.8 Å². The number of amides is 1. The number of carbonyl (C=O) groups excluding carboxylic acids is 1. The van der Waals surface area contributed by atoms with Gasteiger partial charge in [0.15, 0.2) is 0 Å². The molecule has 0 saturated heterocycles. The SMILES string of the molecule is Nc1cnc(Cl)c(C(=O)N2CCc3ccc(O)cc3C2)c1. The van der Waals surface area contributed by atoms with Gasteiger partial charge < -0.3 is 15.7 Å². The molecule has 21 heavy (non-hydrogen) atoms. The number of anilines is 1. The molecule has 0 fully saturated rings. The summed E-state index contributed by atoms with van der Waals surface area (Å²) in [6, 6.07) is 6.78. The molecule has 108 valence electrons. The minimum Gasteiger partial charge on any atom is -0.508 e. The fourth-order valence-corrected chi connectivity index (χ4v) is 2.69. The minimum absolute atomic E-state index is 0.149. The predicted octanol–water partition coefficient (Wildman–Crippen LogP) is 2.22. The fourth-order valence-electron chi connectivity index (χ4n) is 2.50. The molecule has 0 saturated carbocycles. The Morgan fingerprint density at radius 2 is 2.14 bits per heavy atom. The summed E-state index contributed by atoms with van der Waals surface area (Å²) in [5.74, 6) is 0.000460. The topological polar surface area (TPSA) is 79.5 Å². The predicted molar refractivity (Wildman–Crippen MR) is 80.2 cm³/mol. The van der Waals surface area contributed by atoms with E-state index in [2.05, 4.69) is 4.98 Å². The number of phenols is 1. The standard InChI is InChI=1S/C15H14ClN3O2/c16-14-13(6-11(17)7-18-14)15(21)19-4-3-9-1-2-12(20)5-10(9)8-19/h1-2,5-7,20H,3-4,8,17H2. The number of fused-ring (bicyclic) bond motifs is 1. The summed E-state index contributed by atoms with van der Waals surface area (Å²) in [6.45, 7) is 1.04. The van der Waals surface area contributed by atoms with E-state index in [1.54, 1.807) is 17.0 Å². The van der Waals surface area contributed by atoms with E-state index >= 15 is 0 Å². The molecular weight excluding hydrogens is 290 g/mol. The number of aromatic nitrogens is 1. The van der Waals surface area contributed by atoms with Crippen LogP contribution in [0, 0.1) is 0 Å². The number of nitrogens with zero attached hydrogens (tertiary/aromatic N) is 2. The first-order chi connectivity index (χ1) is 10.0. The summed E-state index contributed by atoms with van der Waals surface area (Å²) < 4.78 is 0. The number of phenolic OH excluding ortho intramolecular Hbond substituents is 1. The molecule has 3 rings (SSSR count). The highest BCUT2D eigenvalue weighted by Gasteiger charge is 2.24. The summed E-state index contributed by atoms with van der Waals surface area (Å²) >= 11 is 5.98. The number of nitrogen functional groups attached to an aromatic ring is 1. The Hall–Kier alpha value is -2.27. The number of benzene rings is 1. The van der Waals surface area contributed by atoms with Crippen LogP contribution in [-0.4, -0.2) is 27.4 Å². The molecule has 1 aliphatic rings. The molecule has 1 amide bonds. The average Bonchev–Trinajstić information content (AvgIpc) is 2.48. The van der Waals surface area contributed by atoms with Gasteiger partial charge in [-0.1, -0.05) is 17.7 Å². The maximum absolute atomic E-state index is 12.6. The van der Waals surface area contributed by atoms with Gasteiger partial charge >= 0.3 is 0 Å². The highest BCUT2D eigenvalue weighted by atomic mass is 35.5. The zero-order chi connectivity index (χ0) is 15.0. The maximum Gasteiger partial charge on any atom is 0.257 e. The first-order valence-electron chi connectivity index (χ1n) is 6.55. The van der Waals surface area contributed by atoms with Crippen molar-refractivity contribution in [3.8, 4) is 5.75 Å². The summed E-state index contributed by atoms with van der Waals surface area (Å²) in [5.41, 5.74) is 8.47. The number of rotatable bonds is 1. The van der Waals surface area contributed by atoms with Crippen molar-refractivity contribution in [1.82, 2.24) is 9.88 Å². The molecule has 1 aliphatic heterocycles. The molecule has 3 N–H and O–H groups in total. The summed E-state index contributed by atoms with van der Waals surface area (Å²) in [5, 5.41) is 9.71. The molecule has 0 unspecified atom stereocenters. The van der Waals surface area contributed by atoms with Gasteiger partial charge in [-0.05, 0) is 35.7 Å². The molecule has 2 aromatic rings. The van der Waals surface area contributed by atoms with E-state index in [0.717, 1.165) is 17.5 Å². The van der Waals surface area contributed by atoms with Crippen molar-refractivity contribution in [1.29, 1.82) is 0 Å². The third-order valence-corrected chi connectivity index (χ3v) is 3.88. The molecule has 5 nitrogen and oxygen atoms in total. The number of hydrogen-bond donors (Lipinski definition) is 2. The molecule has 0 radical (unpaired) electrons. The number of halogens is 1. The summed E-state index contributed by atoms with van der Waals surface area (Å²) in [6.07, 6.45) is 2.16. The molecule has 0 bridgehead atoms. The van der Waals surface area contributed by atoms with Gasteiger partial charge in [0, 0.05) is 13.1 Å². The summed E-state index contributed by atoms with van der Waals surface area (Å²) in [7, 11) is 0. The van der Waals surface area contributed by atoms with Gasteiger partial charge in [-0.15, -0.1) is 0 Å². The zero-order valence-corrected chi connectivity index (χ0v) is 12.0. The van der Waals surface area contributed by atoms with Crippen LogP contribution in [0.15, 0.2) is 30.5 Å². The van der Waals surface area contributed by atoms with Crippen molar-refractivity contribution in [2.24, 2.45) is 0 Å². The first-order valence-corrected chi connectivity index (χ1v) is 6.93. The Bertz CT molecular complexity index is 718. The van der Waals surface area contributed by atoms with Crippen LogP contribution in [0.5, 0.6) is 5.75 Å². The quantitative estimate of drug-likeness (QED) is 0.792. The Kier molecular flexibility index (Phi) is 3.43. The largest absolute Gasteiger partial charge is 0.508 e. The Balaban J connectivity index is 1.88. The Labute approximate surface area is 127 Å². The highest BCUT2D eigenvalue weighted by Crippen LogP contribution is 2.25. The molecular formula is C15H14ClN3O2. The number of carbonyl (C=O) groups is 1. The normalized spacial score (nSPS) is 13.9. The van der Waals surface area contributed by atoms with E-state index in [4.69, 9.17) is 17.3 Å². The lowest BCUT2D eigenvalue weighted by molar-refractivity contribution is 0.0734. The van der Waals surface area contributed by atoms with Crippen LogP contribution in [0.4, 0.5) is 5.69 Å². The van der Waals surface area contributed by atoms with Gasteiger partial charge in [0.25, 0.3) is 5.91 Å². The lowest BCUT2D eigenvalue weighted by atomic mass is 9.99. The van der Waals surface area contributed by atoms with Crippen LogP contribution in [0.25, 0.3) is 0 Å². The third kappa shape index (κ3) is 2.64. The zero-order valence-electron chi connectivity index (χ0n) is 11.2. The van der Waals surface area contributed by atoms with Gasteiger partial charge in [0.2, 0.25) is 0 Å². The number of hydrogen-bond acceptors (Lipinski definition) is 4. The smallest absolute Gasteiger partial charge is 0.257 e. The monoisotopic (exact) mass is 303 g/mol. The van der Waals surface area contributed by atoms with Gasteiger partial charge in [-0.25, -0.2) is 4.98 Å². The first kappa shape index (κ1) is 13.7. The van der Waals surface area contributed by atoms with E-state index in [1.807, 2.05) is 6.07 Å². The molecule has 0 atom stereocenters. The lowest BCUT2D eigenvalue weighted by Crippen LogP contribution is -2.36. The van der Waals surface area contributed by atoms with Gasteiger partial charge in [0.05, 0.1) is 17.4 Å². The maximum atomic E-state index is 12.6. The third-order valence-electron chi connectivity index (χ3n) is 3.58. The highest BCUT2D eigenvalue weighted by molar-refractivity contribution is 6.32. The van der Waals surface area contributed by atoms with Crippen molar-refractivity contribution in [3.63, 3.8) is 0 Å². The minimum atomic E-state index is -0.200. The Morgan fingerprint density at radius 3 is 2.95 bits per heavy atom. The van der Waals surface area contributed by atoms with Crippen LogP contribution in [-0.2, 0) is 13.0 Å². The van der Waals surface area contributed by atoms with Crippen LogP contribution in [0.2, 0.25) is 5.15 Å². The average molecular weight is 304 g/mol. The number of nitrogens with two attached hydrogens (primary N) is 1. The fraction of sp³-hybridized carbons (Fsp3) is 0.200. The molecule has 1 aromatic carbocycles. The molecule has 1 aromatic heterocycles.